The fourth-order valence-electron chi connectivity index (χ4n) is 6.00. The first kappa shape index (κ1) is 28.5. The molecule has 0 aliphatic carbocycles. The Bertz CT molecular complexity index is 1770. The summed E-state index contributed by atoms with van der Waals surface area (Å²) in [6, 6.07) is 30.6. The predicted octanol–water partition coefficient (Wildman–Crippen LogP) is 8.59. The second kappa shape index (κ2) is 11.6. The monoisotopic (exact) mass is 579 g/mol. The summed E-state index contributed by atoms with van der Waals surface area (Å²) in [4.78, 5) is 15.8. The minimum Gasteiger partial charge on any atom is -0.322 e. The van der Waals surface area contributed by atoms with Crippen LogP contribution in [-0.2, 0) is 25.7 Å². The summed E-state index contributed by atoms with van der Waals surface area (Å²) in [5.41, 5.74) is 8.92. The van der Waals surface area contributed by atoms with Crippen molar-refractivity contribution in [3.8, 4) is 16.8 Å². The van der Waals surface area contributed by atoms with E-state index in [9.17, 15) is 18.0 Å². The van der Waals surface area contributed by atoms with Gasteiger partial charge in [0.2, 0.25) is 0 Å². The number of amides is 1. The molecule has 1 aromatic heterocycles. The van der Waals surface area contributed by atoms with Gasteiger partial charge < -0.3 is 9.88 Å². The first-order valence-electron chi connectivity index (χ1n) is 14.3. The number of nitrogens with one attached hydrogen (secondary N) is 1. The lowest BCUT2D eigenvalue weighted by Crippen LogP contribution is -2.30. The van der Waals surface area contributed by atoms with Crippen LogP contribution in [0.1, 0.15) is 44.0 Å². The molecule has 6 rings (SSSR count). The Hall–Kier alpha value is -4.62. The van der Waals surface area contributed by atoms with Gasteiger partial charge in [0.1, 0.15) is 0 Å². The lowest BCUT2D eigenvalue weighted by atomic mass is 9.97. The maximum absolute atomic E-state index is 13.3. The zero-order valence-electron chi connectivity index (χ0n) is 24.1. The Morgan fingerprint density at radius 3 is 2.30 bits per heavy atom. The molecule has 1 aliphatic heterocycles. The quantitative estimate of drug-likeness (QED) is 0.219. The van der Waals surface area contributed by atoms with Crippen molar-refractivity contribution in [2.24, 2.45) is 0 Å². The van der Waals surface area contributed by atoms with Crippen molar-refractivity contribution < 1.29 is 18.0 Å². The van der Waals surface area contributed by atoms with Crippen molar-refractivity contribution >= 4 is 11.6 Å². The molecule has 4 aromatic carbocycles. The van der Waals surface area contributed by atoms with E-state index in [1.54, 1.807) is 24.3 Å². The van der Waals surface area contributed by atoms with Gasteiger partial charge in [-0.3, -0.25) is 9.69 Å². The molecule has 0 saturated carbocycles. The lowest BCUT2D eigenvalue weighted by molar-refractivity contribution is -0.137. The Labute approximate surface area is 249 Å². The molecule has 218 valence electrons. The third kappa shape index (κ3) is 5.99. The van der Waals surface area contributed by atoms with E-state index in [0.29, 0.717) is 22.4 Å². The number of anilines is 1. The molecule has 0 fully saturated rings. The van der Waals surface area contributed by atoms with Gasteiger partial charge in [0.05, 0.1) is 5.56 Å². The number of nitrogens with zero attached hydrogens (tertiary/aromatic N) is 2. The van der Waals surface area contributed by atoms with E-state index < -0.39 is 11.7 Å². The van der Waals surface area contributed by atoms with E-state index in [1.165, 1.54) is 45.9 Å². The van der Waals surface area contributed by atoms with E-state index >= 15 is 0 Å². The van der Waals surface area contributed by atoms with Crippen LogP contribution in [0.2, 0.25) is 0 Å². The summed E-state index contributed by atoms with van der Waals surface area (Å²) in [5, 5.41) is 3.00. The largest absolute Gasteiger partial charge is 0.416 e. The van der Waals surface area contributed by atoms with E-state index in [4.69, 9.17) is 0 Å². The molecule has 2 heterocycles. The molecule has 0 atom stereocenters. The summed E-state index contributed by atoms with van der Waals surface area (Å²) in [7, 11) is 0. The Kier molecular flexibility index (Phi) is 7.67. The van der Waals surface area contributed by atoms with Crippen LogP contribution in [0.5, 0.6) is 0 Å². The SMILES string of the molecule is Cc1cc(CN2CCc3cc(NC(=O)c4ccccc4-c4ccc(C(F)(F)F)cc4)ccc3C2)c(C)n1-c1ccccc1. The first-order valence-corrected chi connectivity index (χ1v) is 14.3. The summed E-state index contributed by atoms with van der Waals surface area (Å²) < 4.78 is 41.4. The maximum Gasteiger partial charge on any atom is 0.416 e. The number of halogens is 3. The zero-order valence-corrected chi connectivity index (χ0v) is 24.1. The van der Waals surface area contributed by atoms with Gasteiger partial charge in [-0.2, -0.15) is 13.2 Å². The van der Waals surface area contributed by atoms with Crippen LogP contribution in [0.4, 0.5) is 18.9 Å². The molecule has 0 saturated heterocycles. The molecule has 0 unspecified atom stereocenters. The van der Waals surface area contributed by atoms with Crippen molar-refractivity contribution in [1.82, 2.24) is 9.47 Å². The van der Waals surface area contributed by atoms with Gasteiger partial charge in [0.15, 0.2) is 0 Å². The number of aryl methyl sites for hydroxylation is 1. The Morgan fingerprint density at radius 1 is 0.837 bits per heavy atom. The number of hydrogen-bond donors (Lipinski definition) is 1. The van der Waals surface area contributed by atoms with Gasteiger partial charge in [-0.25, -0.2) is 0 Å². The molecule has 1 aliphatic rings. The highest BCUT2D eigenvalue weighted by Crippen LogP contribution is 2.32. The van der Waals surface area contributed by atoms with Gasteiger partial charge >= 0.3 is 6.18 Å². The zero-order chi connectivity index (χ0) is 30.1. The average molecular weight is 580 g/mol. The fraction of sp³-hybridized carbons (Fsp3) is 0.194. The van der Waals surface area contributed by atoms with Crippen molar-refractivity contribution in [3.63, 3.8) is 0 Å². The van der Waals surface area contributed by atoms with Crippen molar-refractivity contribution in [1.29, 1.82) is 0 Å². The van der Waals surface area contributed by atoms with E-state index in [-0.39, 0.29) is 5.91 Å². The van der Waals surface area contributed by atoms with Gasteiger partial charge in [-0.1, -0.05) is 54.6 Å². The number of alkyl halides is 3. The number of carbonyl (C=O) groups excluding carboxylic acids is 1. The van der Waals surface area contributed by atoms with E-state index in [2.05, 4.69) is 65.0 Å². The summed E-state index contributed by atoms with van der Waals surface area (Å²) in [6.45, 7) is 6.93. The second-order valence-electron chi connectivity index (χ2n) is 11.1. The molecule has 0 spiro atoms. The highest BCUT2D eigenvalue weighted by Gasteiger charge is 2.30. The van der Waals surface area contributed by atoms with Crippen LogP contribution < -0.4 is 5.32 Å². The molecule has 43 heavy (non-hydrogen) atoms. The third-order valence-electron chi connectivity index (χ3n) is 8.19. The number of hydrogen-bond acceptors (Lipinski definition) is 2. The van der Waals surface area contributed by atoms with Gasteiger partial charge in [-0.05, 0) is 96.6 Å². The van der Waals surface area contributed by atoms with Gasteiger partial charge in [-0.15, -0.1) is 0 Å². The van der Waals surface area contributed by atoms with Gasteiger partial charge in [0.25, 0.3) is 5.91 Å². The van der Waals surface area contributed by atoms with Crippen LogP contribution in [0.15, 0.2) is 103 Å². The number of para-hydroxylation sites is 1. The normalized spacial score (nSPS) is 13.5. The number of fused-ring (bicyclic) bond motifs is 1. The second-order valence-corrected chi connectivity index (χ2v) is 11.1. The van der Waals surface area contributed by atoms with E-state index in [0.717, 1.165) is 38.2 Å². The average Bonchev–Trinajstić information content (AvgIpc) is 3.29. The number of aromatic nitrogens is 1. The highest BCUT2D eigenvalue weighted by atomic mass is 19.4. The van der Waals surface area contributed by atoms with Crippen molar-refractivity contribution in [3.05, 3.63) is 142 Å². The van der Waals surface area contributed by atoms with E-state index in [1.807, 2.05) is 18.2 Å². The Morgan fingerprint density at radius 2 is 1.56 bits per heavy atom. The molecule has 0 radical (unpaired) electrons. The fourth-order valence-corrected chi connectivity index (χ4v) is 6.00. The molecule has 7 heteroatoms. The third-order valence-corrected chi connectivity index (χ3v) is 8.19. The number of benzene rings is 4. The molecule has 1 N–H and O–H groups in total. The smallest absolute Gasteiger partial charge is 0.322 e. The van der Waals surface area contributed by atoms with Crippen LogP contribution in [0.3, 0.4) is 0 Å². The van der Waals surface area contributed by atoms with Gasteiger partial charge in [0, 0.05) is 48.0 Å². The first-order chi connectivity index (χ1) is 20.7. The predicted molar refractivity (Wildman–Crippen MR) is 164 cm³/mol. The summed E-state index contributed by atoms with van der Waals surface area (Å²) in [6.07, 6.45) is -3.54. The summed E-state index contributed by atoms with van der Waals surface area (Å²) >= 11 is 0. The summed E-state index contributed by atoms with van der Waals surface area (Å²) in [5.74, 6) is -0.304. The van der Waals surface area contributed by atoms with Crippen LogP contribution >= 0.6 is 0 Å². The molecule has 4 nitrogen and oxygen atoms in total. The molecule has 1 amide bonds. The van der Waals surface area contributed by atoms with Crippen LogP contribution in [-0.4, -0.2) is 21.9 Å². The van der Waals surface area contributed by atoms with Crippen LogP contribution in [0, 0.1) is 13.8 Å². The minimum absolute atomic E-state index is 0.304. The van der Waals surface area contributed by atoms with Crippen molar-refractivity contribution in [2.45, 2.75) is 39.5 Å². The molecule has 0 bridgehead atoms. The van der Waals surface area contributed by atoms with Crippen LogP contribution in [0.25, 0.3) is 16.8 Å². The molecular weight excluding hydrogens is 547 g/mol. The molecular formula is C36H32F3N3O. The number of carbonyl (C=O) groups is 1. The highest BCUT2D eigenvalue weighted by molar-refractivity contribution is 6.08. The lowest BCUT2D eigenvalue weighted by Gasteiger charge is -2.29. The number of rotatable bonds is 6. The Balaban J connectivity index is 1.15. The standard InChI is InChI=1S/C36H32F3N3O/c1-24-20-29(25(2)42(24)32-8-4-3-5-9-32)23-41-19-18-27-21-31(17-14-28(27)22-41)40-35(43)34-11-7-6-10-33(34)26-12-15-30(16-13-26)36(37,38)39/h3-17,20-21H,18-19,22-23H2,1-2H3,(H,40,43). The topological polar surface area (TPSA) is 37.3 Å². The van der Waals surface area contributed by atoms with Crippen molar-refractivity contribution in [2.75, 3.05) is 11.9 Å². The molecule has 5 aromatic rings. The maximum atomic E-state index is 13.3. The minimum atomic E-state index is -4.41.